The molecule has 0 N–H and O–H groups in total. The molecule has 3 nitrogen and oxygen atoms in total. The summed E-state index contributed by atoms with van der Waals surface area (Å²) in [6, 6.07) is 20.6. The van der Waals surface area contributed by atoms with E-state index < -0.39 is 5.60 Å². The predicted octanol–water partition coefficient (Wildman–Crippen LogP) is 3.54. The van der Waals surface area contributed by atoms with E-state index in [1.54, 1.807) is 0 Å². The summed E-state index contributed by atoms with van der Waals surface area (Å²) in [4.78, 5) is 4.70. The minimum absolute atomic E-state index is 0.140. The van der Waals surface area contributed by atoms with Crippen molar-refractivity contribution in [3.8, 4) is 0 Å². The van der Waals surface area contributed by atoms with E-state index in [2.05, 4.69) is 38.1 Å². The molecule has 112 valence electrons. The SMILES string of the molecule is CC1(C)COC([C@H]2OC2(c2ccccc2)c2ccccc2)=N1. The Kier molecular flexibility index (Phi) is 2.88. The average molecular weight is 293 g/mol. The molecule has 2 heterocycles. The second kappa shape index (κ2) is 4.68. The van der Waals surface area contributed by atoms with Crippen LogP contribution in [0.1, 0.15) is 25.0 Å². The van der Waals surface area contributed by atoms with E-state index in [9.17, 15) is 0 Å². The van der Waals surface area contributed by atoms with Crippen molar-refractivity contribution in [2.24, 2.45) is 4.99 Å². The first kappa shape index (κ1) is 13.5. The van der Waals surface area contributed by atoms with E-state index >= 15 is 0 Å². The topological polar surface area (TPSA) is 34.1 Å². The zero-order valence-corrected chi connectivity index (χ0v) is 12.8. The van der Waals surface area contributed by atoms with E-state index in [1.165, 1.54) is 0 Å². The monoisotopic (exact) mass is 293 g/mol. The molecule has 0 unspecified atom stereocenters. The van der Waals surface area contributed by atoms with Crippen LogP contribution in [0.3, 0.4) is 0 Å². The van der Waals surface area contributed by atoms with Crippen LogP contribution in [0.5, 0.6) is 0 Å². The predicted molar refractivity (Wildman–Crippen MR) is 86.0 cm³/mol. The minimum atomic E-state index is -0.470. The molecule has 1 saturated heterocycles. The van der Waals surface area contributed by atoms with Gasteiger partial charge in [0.2, 0.25) is 5.90 Å². The molecule has 0 radical (unpaired) electrons. The van der Waals surface area contributed by atoms with Gasteiger partial charge < -0.3 is 9.47 Å². The molecule has 1 fully saturated rings. The third-order valence-electron chi connectivity index (χ3n) is 4.23. The summed E-state index contributed by atoms with van der Waals surface area (Å²) in [6.45, 7) is 4.77. The van der Waals surface area contributed by atoms with Crippen LogP contribution in [-0.4, -0.2) is 24.1 Å². The quantitative estimate of drug-likeness (QED) is 0.811. The van der Waals surface area contributed by atoms with Gasteiger partial charge in [0.15, 0.2) is 11.7 Å². The second-order valence-electron chi connectivity index (χ2n) is 6.52. The van der Waals surface area contributed by atoms with Gasteiger partial charge in [0.05, 0.1) is 5.54 Å². The van der Waals surface area contributed by atoms with Gasteiger partial charge in [0.1, 0.15) is 6.61 Å². The van der Waals surface area contributed by atoms with Crippen molar-refractivity contribution < 1.29 is 9.47 Å². The van der Waals surface area contributed by atoms with Gasteiger partial charge in [-0.05, 0) is 25.0 Å². The number of rotatable bonds is 3. The van der Waals surface area contributed by atoms with Crippen LogP contribution in [0.25, 0.3) is 0 Å². The van der Waals surface area contributed by atoms with E-state index in [4.69, 9.17) is 14.5 Å². The molecular formula is C19H19NO2. The summed E-state index contributed by atoms with van der Waals surface area (Å²) in [5.74, 6) is 0.720. The van der Waals surface area contributed by atoms with Gasteiger partial charge in [-0.25, -0.2) is 4.99 Å². The van der Waals surface area contributed by atoms with E-state index in [-0.39, 0.29) is 11.6 Å². The van der Waals surface area contributed by atoms with Gasteiger partial charge in [0.25, 0.3) is 0 Å². The van der Waals surface area contributed by atoms with Crippen LogP contribution >= 0.6 is 0 Å². The minimum Gasteiger partial charge on any atom is -0.476 e. The highest BCUT2D eigenvalue weighted by Gasteiger charge is 2.63. The van der Waals surface area contributed by atoms with Crippen molar-refractivity contribution in [2.75, 3.05) is 6.61 Å². The molecule has 1 atom stereocenters. The fourth-order valence-electron chi connectivity index (χ4n) is 3.10. The number of aliphatic imine (C=N–C) groups is 1. The van der Waals surface area contributed by atoms with Crippen molar-refractivity contribution in [3.63, 3.8) is 0 Å². The van der Waals surface area contributed by atoms with Crippen LogP contribution in [0, 0.1) is 0 Å². The van der Waals surface area contributed by atoms with Crippen molar-refractivity contribution >= 4 is 5.90 Å². The molecule has 0 bridgehead atoms. The van der Waals surface area contributed by atoms with Gasteiger partial charge in [-0.15, -0.1) is 0 Å². The summed E-state index contributed by atoms with van der Waals surface area (Å²) < 4.78 is 12.0. The maximum absolute atomic E-state index is 6.20. The number of hydrogen-bond donors (Lipinski definition) is 0. The van der Waals surface area contributed by atoms with Gasteiger partial charge in [-0.1, -0.05) is 60.7 Å². The third-order valence-corrected chi connectivity index (χ3v) is 4.23. The third kappa shape index (κ3) is 2.04. The normalized spacial score (nSPS) is 24.5. The molecular weight excluding hydrogens is 274 g/mol. The van der Waals surface area contributed by atoms with Crippen LogP contribution in [0.2, 0.25) is 0 Å². The molecule has 2 aromatic rings. The second-order valence-corrected chi connectivity index (χ2v) is 6.52. The number of epoxide rings is 1. The molecule has 0 aromatic heterocycles. The lowest BCUT2D eigenvalue weighted by molar-refractivity contribution is 0.265. The smallest absolute Gasteiger partial charge is 0.218 e. The standard InChI is InChI=1S/C19H19NO2/c1-18(2)13-21-17(20-18)16-19(22-16,14-9-5-3-6-10-14)15-11-7-4-8-12-15/h3-12,16H,13H2,1-2H3/t16-/m1/s1. The van der Waals surface area contributed by atoms with Crippen LogP contribution < -0.4 is 0 Å². The van der Waals surface area contributed by atoms with Crippen molar-refractivity contribution in [2.45, 2.75) is 31.1 Å². The first-order valence-electron chi connectivity index (χ1n) is 7.63. The molecule has 2 aliphatic heterocycles. The Morgan fingerprint density at radius 3 is 1.91 bits per heavy atom. The van der Waals surface area contributed by atoms with Gasteiger partial charge in [-0.3, -0.25) is 0 Å². The molecule has 0 aliphatic carbocycles. The molecule has 2 aliphatic rings. The van der Waals surface area contributed by atoms with E-state index in [0.29, 0.717) is 6.61 Å². The van der Waals surface area contributed by atoms with Gasteiger partial charge in [0, 0.05) is 0 Å². The van der Waals surface area contributed by atoms with E-state index in [0.717, 1.165) is 17.0 Å². The lowest BCUT2D eigenvalue weighted by atomic mass is 9.88. The lowest BCUT2D eigenvalue weighted by Gasteiger charge is -2.14. The summed E-state index contributed by atoms with van der Waals surface area (Å²) >= 11 is 0. The zero-order chi connectivity index (χ0) is 15.2. The first-order valence-corrected chi connectivity index (χ1v) is 7.63. The molecule has 0 saturated carbocycles. The van der Waals surface area contributed by atoms with Gasteiger partial charge in [-0.2, -0.15) is 0 Å². The average Bonchev–Trinajstić information content (AvgIpc) is 3.21. The Morgan fingerprint density at radius 1 is 0.909 bits per heavy atom. The molecule has 0 amide bonds. The van der Waals surface area contributed by atoms with Crippen LogP contribution in [0.15, 0.2) is 65.7 Å². The van der Waals surface area contributed by atoms with Crippen LogP contribution in [0.4, 0.5) is 0 Å². The largest absolute Gasteiger partial charge is 0.476 e. The Balaban J connectivity index is 1.78. The summed E-state index contributed by atoms with van der Waals surface area (Å²) in [5, 5.41) is 0. The highest BCUT2D eigenvalue weighted by atomic mass is 16.6. The zero-order valence-electron chi connectivity index (χ0n) is 12.8. The lowest BCUT2D eigenvalue weighted by Crippen LogP contribution is -2.21. The maximum Gasteiger partial charge on any atom is 0.218 e. The van der Waals surface area contributed by atoms with Crippen molar-refractivity contribution in [1.82, 2.24) is 0 Å². The first-order chi connectivity index (χ1) is 10.6. The van der Waals surface area contributed by atoms with E-state index in [1.807, 2.05) is 36.4 Å². The van der Waals surface area contributed by atoms with Crippen molar-refractivity contribution in [3.05, 3.63) is 71.8 Å². The fourth-order valence-corrected chi connectivity index (χ4v) is 3.10. The number of hydrogen-bond acceptors (Lipinski definition) is 3. The Labute approximate surface area is 130 Å². The van der Waals surface area contributed by atoms with Crippen LogP contribution in [-0.2, 0) is 15.1 Å². The Bertz CT molecular complexity index is 667. The Hall–Kier alpha value is -2.13. The van der Waals surface area contributed by atoms with Gasteiger partial charge >= 0.3 is 0 Å². The molecule has 4 rings (SSSR count). The highest BCUT2D eigenvalue weighted by Crippen LogP contribution is 2.53. The summed E-state index contributed by atoms with van der Waals surface area (Å²) in [7, 11) is 0. The summed E-state index contributed by atoms with van der Waals surface area (Å²) in [5.41, 5.74) is 1.65. The number of benzene rings is 2. The van der Waals surface area contributed by atoms with Crippen molar-refractivity contribution in [1.29, 1.82) is 0 Å². The maximum atomic E-state index is 6.20. The number of nitrogens with zero attached hydrogens (tertiary/aromatic N) is 1. The molecule has 3 heteroatoms. The number of ether oxygens (including phenoxy) is 2. The fraction of sp³-hybridized carbons (Fsp3) is 0.316. The Morgan fingerprint density at radius 2 is 1.45 bits per heavy atom. The molecule has 22 heavy (non-hydrogen) atoms. The summed E-state index contributed by atoms with van der Waals surface area (Å²) in [6.07, 6.45) is -0.140. The molecule has 0 spiro atoms. The highest BCUT2D eigenvalue weighted by molar-refractivity contribution is 5.88. The molecule has 2 aromatic carbocycles.